The number of nitriles is 1. The lowest BCUT2D eigenvalue weighted by Crippen LogP contribution is -2.49. The van der Waals surface area contributed by atoms with Crippen molar-refractivity contribution in [3.05, 3.63) is 65.5 Å². The van der Waals surface area contributed by atoms with Gasteiger partial charge >= 0.3 is 0 Å². The molecule has 134 valence electrons. The third-order valence-electron chi connectivity index (χ3n) is 4.86. The third-order valence-corrected chi connectivity index (χ3v) is 4.86. The number of rotatable bonds is 5. The Morgan fingerprint density at radius 2 is 2.15 bits per heavy atom. The van der Waals surface area contributed by atoms with Gasteiger partial charge in [0.1, 0.15) is 0 Å². The van der Waals surface area contributed by atoms with E-state index in [1.54, 1.807) is 17.2 Å². The summed E-state index contributed by atoms with van der Waals surface area (Å²) in [6.45, 7) is 2.21. The molecular formula is C21H24N4O. The second kappa shape index (κ2) is 8.59. The molecule has 1 amide bonds. The SMILES string of the molecule is CN(Cc1cccc(C#N)c1)C(=O)[C@@H]1CCCCN1Cc1cccnc1. The van der Waals surface area contributed by atoms with Gasteiger partial charge in [0.2, 0.25) is 5.91 Å². The van der Waals surface area contributed by atoms with Crippen LogP contribution in [-0.4, -0.2) is 40.3 Å². The van der Waals surface area contributed by atoms with Gasteiger partial charge in [-0.3, -0.25) is 14.7 Å². The minimum Gasteiger partial charge on any atom is -0.340 e. The number of amides is 1. The first kappa shape index (κ1) is 18.1. The summed E-state index contributed by atoms with van der Waals surface area (Å²) in [7, 11) is 1.85. The van der Waals surface area contributed by atoms with Crippen LogP contribution < -0.4 is 0 Å². The molecule has 1 aromatic heterocycles. The molecule has 1 fully saturated rings. The summed E-state index contributed by atoms with van der Waals surface area (Å²) in [6, 6.07) is 13.5. The molecule has 3 rings (SSSR count). The van der Waals surface area contributed by atoms with Crippen LogP contribution in [0, 0.1) is 11.3 Å². The van der Waals surface area contributed by atoms with E-state index in [2.05, 4.69) is 22.0 Å². The van der Waals surface area contributed by atoms with E-state index in [4.69, 9.17) is 5.26 Å². The lowest BCUT2D eigenvalue weighted by molar-refractivity contribution is -0.137. The molecule has 0 unspecified atom stereocenters. The Morgan fingerprint density at radius 3 is 2.92 bits per heavy atom. The molecule has 5 heteroatoms. The van der Waals surface area contributed by atoms with Crippen molar-refractivity contribution in [3.63, 3.8) is 0 Å². The number of aromatic nitrogens is 1. The van der Waals surface area contributed by atoms with Crippen molar-refractivity contribution in [2.24, 2.45) is 0 Å². The highest BCUT2D eigenvalue weighted by Crippen LogP contribution is 2.21. The summed E-state index contributed by atoms with van der Waals surface area (Å²) < 4.78 is 0. The second-order valence-corrected chi connectivity index (χ2v) is 6.85. The van der Waals surface area contributed by atoms with Crippen LogP contribution >= 0.6 is 0 Å². The molecule has 0 saturated carbocycles. The van der Waals surface area contributed by atoms with E-state index in [1.807, 2.05) is 37.5 Å². The average molecular weight is 348 g/mol. The zero-order valence-electron chi connectivity index (χ0n) is 15.1. The van der Waals surface area contributed by atoms with Crippen LogP contribution in [-0.2, 0) is 17.9 Å². The molecule has 5 nitrogen and oxygen atoms in total. The van der Waals surface area contributed by atoms with Crippen molar-refractivity contribution >= 4 is 5.91 Å². The molecule has 1 saturated heterocycles. The number of carbonyl (C=O) groups is 1. The van der Waals surface area contributed by atoms with Gasteiger partial charge in [-0.05, 0) is 48.7 Å². The Kier molecular flexibility index (Phi) is 5.98. The maximum absolute atomic E-state index is 13.1. The van der Waals surface area contributed by atoms with Gasteiger partial charge in [0.15, 0.2) is 0 Å². The topological polar surface area (TPSA) is 60.2 Å². The first-order valence-electron chi connectivity index (χ1n) is 9.04. The normalized spacial score (nSPS) is 17.5. The Hall–Kier alpha value is -2.71. The quantitative estimate of drug-likeness (QED) is 0.833. The van der Waals surface area contributed by atoms with E-state index in [9.17, 15) is 4.79 Å². The number of piperidine rings is 1. The van der Waals surface area contributed by atoms with Gasteiger partial charge in [-0.25, -0.2) is 0 Å². The van der Waals surface area contributed by atoms with E-state index in [0.29, 0.717) is 12.1 Å². The van der Waals surface area contributed by atoms with Gasteiger partial charge in [0.25, 0.3) is 0 Å². The molecule has 1 aromatic carbocycles. The van der Waals surface area contributed by atoms with Crippen LogP contribution in [0.15, 0.2) is 48.8 Å². The predicted octanol–water partition coefficient (Wildman–Crippen LogP) is 2.97. The van der Waals surface area contributed by atoms with E-state index in [1.165, 1.54) is 0 Å². The lowest BCUT2D eigenvalue weighted by Gasteiger charge is -2.36. The van der Waals surface area contributed by atoms with Crippen molar-refractivity contribution < 1.29 is 4.79 Å². The fourth-order valence-corrected chi connectivity index (χ4v) is 3.53. The standard InChI is InChI=1S/C21H24N4O/c1-24(15-18-7-4-6-17(12-18)13-22)21(26)20-9-2-3-11-25(20)16-19-8-5-10-23-14-19/h4-8,10,12,14,20H,2-3,9,11,15-16H2,1H3/t20-/m0/s1. The number of likely N-dealkylation sites (N-methyl/N-ethyl adjacent to an activating group) is 1. The third kappa shape index (κ3) is 4.47. The number of pyridine rings is 1. The van der Waals surface area contributed by atoms with Crippen LogP contribution in [0.3, 0.4) is 0 Å². The molecule has 1 aliphatic heterocycles. The van der Waals surface area contributed by atoms with E-state index in [-0.39, 0.29) is 11.9 Å². The highest BCUT2D eigenvalue weighted by Gasteiger charge is 2.30. The summed E-state index contributed by atoms with van der Waals surface area (Å²) >= 11 is 0. The molecule has 1 aliphatic rings. The molecule has 0 spiro atoms. The number of likely N-dealkylation sites (tertiary alicyclic amines) is 1. The molecule has 0 bridgehead atoms. The van der Waals surface area contributed by atoms with Crippen molar-refractivity contribution in [1.29, 1.82) is 5.26 Å². The lowest BCUT2D eigenvalue weighted by atomic mass is 10.00. The van der Waals surface area contributed by atoms with Crippen molar-refractivity contribution in [1.82, 2.24) is 14.8 Å². The average Bonchev–Trinajstić information content (AvgIpc) is 2.69. The van der Waals surface area contributed by atoms with Gasteiger partial charge in [0, 0.05) is 32.5 Å². The minimum atomic E-state index is -0.0897. The maximum Gasteiger partial charge on any atom is 0.239 e. The Morgan fingerprint density at radius 1 is 1.31 bits per heavy atom. The summed E-state index contributed by atoms with van der Waals surface area (Å²) in [4.78, 5) is 21.3. The van der Waals surface area contributed by atoms with Gasteiger partial charge in [-0.1, -0.05) is 24.6 Å². The number of hydrogen-bond donors (Lipinski definition) is 0. The van der Waals surface area contributed by atoms with Crippen LogP contribution in [0.5, 0.6) is 0 Å². The molecule has 0 aliphatic carbocycles. The van der Waals surface area contributed by atoms with Crippen LogP contribution in [0.4, 0.5) is 0 Å². The van der Waals surface area contributed by atoms with Gasteiger partial charge in [0.05, 0.1) is 17.7 Å². The first-order chi connectivity index (χ1) is 12.7. The summed E-state index contributed by atoms with van der Waals surface area (Å²) in [5.74, 6) is 0.149. The van der Waals surface area contributed by atoms with Crippen molar-refractivity contribution in [2.45, 2.75) is 38.4 Å². The smallest absolute Gasteiger partial charge is 0.239 e. The molecule has 2 heterocycles. The highest BCUT2D eigenvalue weighted by molar-refractivity contribution is 5.81. The molecule has 2 aromatic rings. The minimum absolute atomic E-state index is 0.0897. The monoisotopic (exact) mass is 348 g/mol. The molecule has 0 radical (unpaired) electrons. The first-order valence-corrected chi connectivity index (χ1v) is 9.04. The van der Waals surface area contributed by atoms with Crippen LogP contribution in [0.1, 0.15) is 36.0 Å². The zero-order valence-corrected chi connectivity index (χ0v) is 15.1. The van der Waals surface area contributed by atoms with Crippen LogP contribution in [0.25, 0.3) is 0 Å². The maximum atomic E-state index is 13.1. The Bertz CT molecular complexity index is 784. The second-order valence-electron chi connectivity index (χ2n) is 6.85. The van der Waals surface area contributed by atoms with E-state index < -0.39 is 0 Å². The van der Waals surface area contributed by atoms with Crippen LogP contribution in [0.2, 0.25) is 0 Å². The molecule has 0 N–H and O–H groups in total. The molecule has 1 atom stereocenters. The number of benzene rings is 1. The molecular weight excluding hydrogens is 324 g/mol. The summed E-state index contributed by atoms with van der Waals surface area (Å²) in [6.07, 6.45) is 6.73. The van der Waals surface area contributed by atoms with E-state index >= 15 is 0 Å². The largest absolute Gasteiger partial charge is 0.340 e. The Balaban J connectivity index is 1.68. The van der Waals surface area contributed by atoms with Crippen molar-refractivity contribution in [3.8, 4) is 6.07 Å². The Labute approximate surface area is 154 Å². The summed E-state index contributed by atoms with van der Waals surface area (Å²) in [5.41, 5.74) is 2.74. The highest BCUT2D eigenvalue weighted by atomic mass is 16.2. The molecule has 26 heavy (non-hydrogen) atoms. The van der Waals surface area contributed by atoms with Gasteiger partial charge < -0.3 is 4.90 Å². The fourth-order valence-electron chi connectivity index (χ4n) is 3.53. The zero-order chi connectivity index (χ0) is 18.4. The summed E-state index contributed by atoms with van der Waals surface area (Å²) in [5, 5.41) is 9.04. The number of nitrogens with zero attached hydrogens (tertiary/aromatic N) is 4. The van der Waals surface area contributed by atoms with Crippen molar-refractivity contribution in [2.75, 3.05) is 13.6 Å². The van der Waals surface area contributed by atoms with Gasteiger partial charge in [-0.2, -0.15) is 5.26 Å². The predicted molar refractivity (Wildman–Crippen MR) is 99.9 cm³/mol. The van der Waals surface area contributed by atoms with Gasteiger partial charge in [-0.15, -0.1) is 0 Å². The number of carbonyl (C=O) groups excluding carboxylic acids is 1. The van der Waals surface area contributed by atoms with E-state index in [0.717, 1.165) is 43.5 Å². The fraction of sp³-hybridized carbons (Fsp3) is 0.381. The number of hydrogen-bond acceptors (Lipinski definition) is 4.